The van der Waals surface area contributed by atoms with Crippen molar-refractivity contribution in [3.05, 3.63) is 34.4 Å². The number of benzene rings is 1. The Hall–Kier alpha value is -0.860. The summed E-state index contributed by atoms with van der Waals surface area (Å²) in [6.07, 6.45) is 3.08. The second-order valence-electron chi connectivity index (χ2n) is 7.59. The fourth-order valence-corrected chi connectivity index (χ4v) is 4.22. The number of hydrogen-bond acceptors (Lipinski definition) is 2. The van der Waals surface area contributed by atoms with Crippen LogP contribution in [0.1, 0.15) is 55.0 Å². The zero-order valence-corrected chi connectivity index (χ0v) is 13.9. The molecule has 1 aromatic carbocycles. The monoisotopic (exact) mass is 287 g/mol. The average Bonchev–Trinajstić information content (AvgIpc) is 2.41. The summed E-state index contributed by atoms with van der Waals surface area (Å²) in [4.78, 5) is 2.62. The number of aryl methyl sites for hydroxylation is 2. The van der Waals surface area contributed by atoms with Crippen LogP contribution < -0.4 is 0 Å². The predicted octanol–water partition coefficient (Wildman–Crippen LogP) is 3.63. The van der Waals surface area contributed by atoms with E-state index in [1.165, 1.54) is 22.3 Å². The van der Waals surface area contributed by atoms with Gasteiger partial charge in [-0.05, 0) is 67.2 Å². The van der Waals surface area contributed by atoms with Crippen molar-refractivity contribution < 1.29 is 5.11 Å². The normalized spacial score (nSPS) is 29.3. The Labute approximate surface area is 129 Å². The summed E-state index contributed by atoms with van der Waals surface area (Å²) in [6, 6.07) is 5.18. The van der Waals surface area contributed by atoms with Gasteiger partial charge < -0.3 is 5.11 Å². The molecule has 0 spiro atoms. The molecule has 3 atom stereocenters. The second-order valence-corrected chi connectivity index (χ2v) is 7.59. The Balaban J connectivity index is 1.85. The lowest BCUT2D eigenvalue weighted by atomic mass is 9.78. The number of nitrogens with zero attached hydrogens (tertiary/aromatic N) is 1. The van der Waals surface area contributed by atoms with Crippen molar-refractivity contribution in [1.82, 2.24) is 4.90 Å². The summed E-state index contributed by atoms with van der Waals surface area (Å²) >= 11 is 0. The van der Waals surface area contributed by atoms with Crippen molar-refractivity contribution >= 4 is 0 Å². The van der Waals surface area contributed by atoms with Gasteiger partial charge in [0.2, 0.25) is 0 Å². The third kappa shape index (κ3) is 2.89. The van der Waals surface area contributed by atoms with Gasteiger partial charge in [-0.15, -0.1) is 0 Å². The highest BCUT2D eigenvalue weighted by atomic mass is 16.3. The molecular weight excluding hydrogens is 258 g/mol. The predicted molar refractivity (Wildman–Crippen MR) is 87.5 cm³/mol. The summed E-state index contributed by atoms with van der Waals surface area (Å²) < 4.78 is 0. The van der Waals surface area contributed by atoms with Crippen molar-refractivity contribution in [3.8, 4) is 0 Å². The number of aliphatic hydroxyl groups is 1. The Kier molecular flexibility index (Phi) is 4.11. The van der Waals surface area contributed by atoms with E-state index >= 15 is 0 Å². The molecule has 0 amide bonds. The molecule has 116 valence electrons. The fraction of sp³-hybridized carbons (Fsp3) is 0.684. The first kappa shape index (κ1) is 15.1. The van der Waals surface area contributed by atoms with Crippen LogP contribution >= 0.6 is 0 Å². The van der Waals surface area contributed by atoms with Gasteiger partial charge in [-0.1, -0.05) is 26.0 Å². The van der Waals surface area contributed by atoms with Crippen molar-refractivity contribution in [3.63, 3.8) is 0 Å². The lowest BCUT2D eigenvalue weighted by Gasteiger charge is -2.46. The van der Waals surface area contributed by atoms with Crippen LogP contribution in [0.2, 0.25) is 0 Å². The highest BCUT2D eigenvalue weighted by Crippen LogP contribution is 2.40. The van der Waals surface area contributed by atoms with Gasteiger partial charge in [0.25, 0.3) is 0 Å². The molecule has 1 N–H and O–H groups in total. The lowest BCUT2D eigenvalue weighted by molar-refractivity contribution is -0.0191. The Morgan fingerprint density at radius 2 is 1.95 bits per heavy atom. The number of hydrogen-bond donors (Lipinski definition) is 1. The summed E-state index contributed by atoms with van der Waals surface area (Å²) in [7, 11) is 0. The Bertz CT molecular complexity index is 523. The van der Waals surface area contributed by atoms with Gasteiger partial charge >= 0.3 is 0 Å². The molecule has 0 saturated carbocycles. The minimum atomic E-state index is -0.138. The summed E-state index contributed by atoms with van der Waals surface area (Å²) in [5.74, 6) is 1.12. The Morgan fingerprint density at radius 1 is 1.24 bits per heavy atom. The maximum atomic E-state index is 10.6. The van der Waals surface area contributed by atoms with E-state index in [9.17, 15) is 5.11 Å². The average molecular weight is 287 g/mol. The van der Waals surface area contributed by atoms with Crippen molar-refractivity contribution in [2.24, 2.45) is 11.8 Å². The summed E-state index contributed by atoms with van der Waals surface area (Å²) in [5.41, 5.74) is 5.77. The molecule has 0 aliphatic carbocycles. The van der Waals surface area contributed by atoms with Crippen LogP contribution in [0.5, 0.6) is 0 Å². The maximum absolute atomic E-state index is 10.6. The van der Waals surface area contributed by atoms with Crippen LogP contribution in [0.3, 0.4) is 0 Å². The molecule has 0 aromatic heterocycles. The zero-order valence-electron chi connectivity index (χ0n) is 13.9. The highest BCUT2D eigenvalue weighted by Gasteiger charge is 2.38. The van der Waals surface area contributed by atoms with Gasteiger partial charge in [0, 0.05) is 19.1 Å². The standard InChI is InChI=1S/C19H29NO/c1-12(2)7-16-11-20-6-5-15-8-13(3)14(4)9-17(15)18(20)10-19(16)21/h8-9,12,16,18-19,21H,5-7,10-11H2,1-4H3/t16-,18+,19-/m0/s1. The molecule has 3 rings (SSSR count). The van der Waals surface area contributed by atoms with Crippen LogP contribution in [-0.4, -0.2) is 29.2 Å². The number of rotatable bonds is 2. The van der Waals surface area contributed by atoms with E-state index in [-0.39, 0.29) is 6.10 Å². The van der Waals surface area contributed by atoms with Crippen LogP contribution in [0.4, 0.5) is 0 Å². The largest absolute Gasteiger partial charge is 0.393 e. The van der Waals surface area contributed by atoms with Crippen LogP contribution in [0, 0.1) is 25.7 Å². The lowest BCUT2D eigenvalue weighted by Crippen LogP contribution is -2.48. The molecule has 1 saturated heterocycles. The van der Waals surface area contributed by atoms with Crippen LogP contribution in [0.25, 0.3) is 0 Å². The second kappa shape index (κ2) is 5.73. The van der Waals surface area contributed by atoms with E-state index in [0.29, 0.717) is 17.9 Å². The third-order valence-electron chi connectivity index (χ3n) is 5.48. The first-order valence-electron chi connectivity index (χ1n) is 8.48. The van der Waals surface area contributed by atoms with Gasteiger partial charge in [0.05, 0.1) is 6.10 Å². The third-order valence-corrected chi connectivity index (χ3v) is 5.48. The zero-order chi connectivity index (χ0) is 15.1. The van der Waals surface area contributed by atoms with E-state index < -0.39 is 0 Å². The molecule has 2 aliphatic rings. The van der Waals surface area contributed by atoms with E-state index in [0.717, 1.165) is 32.4 Å². The fourth-order valence-electron chi connectivity index (χ4n) is 4.22. The Morgan fingerprint density at radius 3 is 2.67 bits per heavy atom. The van der Waals surface area contributed by atoms with E-state index in [2.05, 4.69) is 44.7 Å². The smallest absolute Gasteiger partial charge is 0.0598 e. The molecule has 1 fully saturated rings. The first-order valence-corrected chi connectivity index (χ1v) is 8.48. The minimum absolute atomic E-state index is 0.138. The molecule has 2 heterocycles. The van der Waals surface area contributed by atoms with Gasteiger partial charge in [-0.2, -0.15) is 0 Å². The van der Waals surface area contributed by atoms with E-state index in [4.69, 9.17) is 0 Å². The minimum Gasteiger partial charge on any atom is -0.393 e. The van der Waals surface area contributed by atoms with E-state index in [1.54, 1.807) is 0 Å². The molecule has 2 aliphatic heterocycles. The molecule has 2 heteroatoms. The summed E-state index contributed by atoms with van der Waals surface area (Å²) in [5, 5.41) is 10.6. The molecule has 1 aromatic rings. The molecule has 0 bridgehead atoms. The van der Waals surface area contributed by atoms with Gasteiger partial charge in [0.1, 0.15) is 0 Å². The summed E-state index contributed by atoms with van der Waals surface area (Å²) in [6.45, 7) is 11.1. The molecular formula is C19H29NO. The quantitative estimate of drug-likeness (QED) is 0.898. The highest BCUT2D eigenvalue weighted by molar-refractivity contribution is 5.41. The van der Waals surface area contributed by atoms with Gasteiger partial charge in [-0.25, -0.2) is 0 Å². The number of piperidine rings is 1. The number of fused-ring (bicyclic) bond motifs is 3. The number of aliphatic hydroxyl groups excluding tert-OH is 1. The van der Waals surface area contributed by atoms with Gasteiger partial charge in [-0.3, -0.25) is 4.90 Å². The van der Waals surface area contributed by atoms with Crippen molar-refractivity contribution in [2.45, 2.75) is 59.1 Å². The topological polar surface area (TPSA) is 23.5 Å². The molecule has 0 unspecified atom stereocenters. The SMILES string of the molecule is Cc1cc2c(cc1C)[C@H]1C[C@H](O)[C@@H](CC(C)C)CN1CC2. The van der Waals surface area contributed by atoms with Crippen molar-refractivity contribution in [1.29, 1.82) is 0 Å². The molecule has 2 nitrogen and oxygen atoms in total. The molecule has 21 heavy (non-hydrogen) atoms. The van der Waals surface area contributed by atoms with Crippen molar-refractivity contribution in [2.75, 3.05) is 13.1 Å². The van der Waals surface area contributed by atoms with Crippen LogP contribution in [0.15, 0.2) is 12.1 Å². The van der Waals surface area contributed by atoms with Gasteiger partial charge in [0.15, 0.2) is 0 Å². The van der Waals surface area contributed by atoms with E-state index in [1.807, 2.05) is 0 Å². The van der Waals surface area contributed by atoms with Crippen LogP contribution in [-0.2, 0) is 6.42 Å². The first-order chi connectivity index (χ1) is 9.95. The molecule has 0 radical (unpaired) electrons. The maximum Gasteiger partial charge on any atom is 0.0598 e.